The van der Waals surface area contributed by atoms with Crippen LogP contribution in [-0.4, -0.2) is 35.2 Å². The summed E-state index contributed by atoms with van der Waals surface area (Å²) in [5, 5.41) is 7.13. The number of primary amides is 1. The van der Waals surface area contributed by atoms with Crippen molar-refractivity contribution < 1.29 is 19.2 Å². The number of anilines is 1. The van der Waals surface area contributed by atoms with E-state index in [2.05, 4.69) is 10.6 Å². The third-order valence-corrected chi connectivity index (χ3v) is 5.36. The number of urea groups is 1. The van der Waals surface area contributed by atoms with Crippen molar-refractivity contribution in [3.63, 3.8) is 0 Å². The molecule has 1 atom stereocenters. The summed E-state index contributed by atoms with van der Waals surface area (Å²) in [5.74, 6) is -1.63. The zero-order chi connectivity index (χ0) is 22.2. The minimum atomic E-state index is -1.29. The standard InChI is InChI=1S/C23H20N4O4/c1-23(18-8-4-6-14-5-2-3-7-17(14)18)21(30)27(22(31)26-23)13-19(28)25-16-11-9-15(10-12-16)20(24)29/h2-12H,13H2,1H3,(H2,24,29)(H,25,28)(H,26,31). The maximum Gasteiger partial charge on any atom is 0.325 e. The van der Waals surface area contributed by atoms with Crippen molar-refractivity contribution in [3.8, 4) is 0 Å². The second-order valence-corrected chi connectivity index (χ2v) is 7.46. The number of nitrogens with two attached hydrogens (primary N) is 1. The Balaban J connectivity index is 1.54. The van der Waals surface area contributed by atoms with E-state index in [1.165, 1.54) is 24.3 Å². The van der Waals surface area contributed by atoms with Gasteiger partial charge < -0.3 is 16.4 Å². The predicted molar refractivity (Wildman–Crippen MR) is 115 cm³/mol. The fraction of sp³-hybridized carbons (Fsp3) is 0.130. The number of nitrogens with zero attached hydrogens (tertiary/aromatic N) is 1. The number of amides is 5. The number of fused-ring (bicyclic) bond motifs is 1. The Bertz CT molecular complexity index is 1220. The maximum absolute atomic E-state index is 13.2. The molecule has 3 aromatic carbocycles. The molecule has 0 radical (unpaired) electrons. The Morgan fingerprint density at radius 3 is 2.39 bits per heavy atom. The molecule has 3 aromatic rings. The molecule has 4 N–H and O–H groups in total. The van der Waals surface area contributed by atoms with E-state index < -0.39 is 35.8 Å². The largest absolute Gasteiger partial charge is 0.366 e. The number of benzene rings is 3. The van der Waals surface area contributed by atoms with Crippen molar-refractivity contribution in [3.05, 3.63) is 77.9 Å². The Hall–Kier alpha value is -4.20. The van der Waals surface area contributed by atoms with Crippen LogP contribution in [0.25, 0.3) is 10.8 Å². The van der Waals surface area contributed by atoms with E-state index in [1.54, 1.807) is 13.0 Å². The normalized spacial score (nSPS) is 18.2. The zero-order valence-corrected chi connectivity index (χ0v) is 16.7. The van der Waals surface area contributed by atoms with E-state index in [9.17, 15) is 19.2 Å². The lowest BCUT2D eigenvalue weighted by atomic mass is 9.88. The Morgan fingerprint density at radius 2 is 1.68 bits per heavy atom. The highest BCUT2D eigenvalue weighted by atomic mass is 16.2. The van der Waals surface area contributed by atoms with Crippen LogP contribution < -0.4 is 16.4 Å². The van der Waals surface area contributed by atoms with Gasteiger partial charge in [-0.15, -0.1) is 0 Å². The molecule has 1 fully saturated rings. The smallest absolute Gasteiger partial charge is 0.325 e. The van der Waals surface area contributed by atoms with Gasteiger partial charge in [0.15, 0.2) is 0 Å². The van der Waals surface area contributed by atoms with Gasteiger partial charge in [-0.2, -0.15) is 0 Å². The van der Waals surface area contributed by atoms with Crippen LogP contribution in [0.3, 0.4) is 0 Å². The van der Waals surface area contributed by atoms with Crippen LogP contribution in [0.15, 0.2) is 66.7 Å². The summed E-state index contributed by atoms with van der Waals surface area (Å²) < 4.78 is 0. The van der Waals surface area contributed by atoms with E-state index >= 15 is 0 Å². The molecule has 1 saturated heterocycles. The van der Waals surface area contributed by atoms with Crippen molar-refractivity contribution in [2.24, 2.45) is 5.73 Å². The van der Waals surface area contributed by atoms with E-state index in [0.717, 1.165) is 15.7 Å². The molecule has 156 valence electrons. The van der Waals surface area contributed by atoms with E-state index in [1.807, 2.05) is 36.4 Å². The van der Waals surface area contributed by atoms with Crippen molar-refractivity contribution in [2.45, 2.75) is 12.5 Å². The van der Waals surface area contributed by atoms with Crippen molar-refractivity contribution >= 4 is 40.2 Å². The molecule has 0 spiro atoms. The Labute approximate surface area is 178 Å². The highest BCUT2D eigenvalue weighted by molar-refractivity contribution is 6.11. The zero-order valence-electron chi connectivity index (χ0n) is 16.7. The lowest BCUT2D eigenvalue weighted by Gasteiger charge is -2.24. The van der Waals surface area contributed by atoms with Crippen LogP contribution >= 0.6 is 0 Å². The molecule has 0 aliphatic carbocycles. The molecule has 1 heterocycles. The Kier molecular flexibility index (Phi) is 4.90. The summed E-state index contributed by atoms with van der Waals surface area (Å²) in [5.41, 5.74) is 5.29. The van der Waals surface area contributed by atoms with Gasteiger partial charge in [-0.25, -0.2) is 4.79 Å². The molecule has 1 aliphatic rings. The first-order valence-electron chi connectivity index (χ1n) is 9.61. The molecule has 4 rings (SSSR count). The topological polar surface area (TPSA) is 122 Å². The third kappa shape index (κ3) is 3.59. The number of carbonyl (C=O) groups is 4. The molecule has 8 nitrogen and oxygen atoms in total. The minimum Gasteiger partial charge on any atom is -0.366 e. The predicted octanol–water partition coefficient (Wildman–Crippen LogP) is 2.34. The summed E-state index contributed by atoms with van der Waals surface area (Å²) >= 11 is 0. The van der Waals surface area contributed by atoms with Gasteiger partial charge in [-0.1, -0.05) is 42.5 Å². The van der Waals surface area contributed by atoms with Gasteiger partial charge in [0.1, 0.15) is 12.1 Å². The molecular formula is C23H20N4O4. The quantitative estimate of drug-likeness (QED) is 0.553. The summed E-state index contributed by atoms with van der Waals surface area (Å²) in [4.78, 5) is 50.3. The third-order valence-electron chi connectivity index (χ3n) is 5.36. The molecule has 1 unspecified atom stereocenters. The number of nitrogens with one attached hydrogen (secondary N) is 2. The summed E-state index contributed by atoms with van der Waals surface area (Å²) in [7, 11) is 0. The van der Waals surface area contributed by atoms with Crippen molar-refractivity contribution in [1.82, 2.24) is 10.2 Å². The van der Waals surface area contributed by atoms with E-state index in [-0.39, 0.29) is 0 Å². The van der Waals surface area contributed by atoms with Gasteiger partial charge in [0.05, 0.1) is 0 Å². The number of hydrogen-bond donors (Lipinski definition) is 3. The number of carbonyl (C=O) groups excluding carboxylic acids is 4. The van der Waals surface area contributed by atoms with Crippen LogP contribution in [-0.2, 0) is 15.1 Å². The van der Waals surface area contributed by atoms with Crippen LogP contribution in [0, 0.1) is 0 Å². The van der Waals surface area contributed by atoms with Gasteiger partial charge in [0.25, 0.3) is 5.91 Å². The van der Waals surface area contributed by atoms with Crippen LogP contribution in [0.4, 0.5) is 10.5 Å². The first-order chi connectivity index (χ1) is 14.8. The summed E-state index contributed by atoms with van der Waals surface area (Å²) in [6, 6.07) is 18.5. The average Bonchev–Trinajstić information content (AvgIpc) is 2.97. The fourth-order valence-electron chi connectivity index (χ4n) is 3.75. The molecule has 0 bridgehead atoms. The summed E-state index contributed by atoms with van der Waals surface area (Å²) in [6.45, 7) is 1.19. The van der Waals surface area contributed by atoms with Crippen LogP contribution in [0.2, 0.25) is 0 Å². The first-order valence-corrected chi connectivity index (χ1v) is 9.61. The average molecular weight is 416 g/mol. The number of imide groups is 1. The molecule has 0 saturated carbocycles. The maximum atomic E-state index is 13.2. The molecule has 8 heteroatoms. The van der Waals surface area contributed by atoms with E-state index in [0.29, 0.717) is 16.8 Å². The monoisotopic (exact) mass is 416 g/mol. The first kappa shape index (κ1) is 20.1. The molecular weight excluding hydrogens is 396 g/mol. The summed E-state index contributed by atoms with van der Waals surface area (Å²) in [6.07, 6.45) is 0. The van der Waals surface area contributed by atoms with E-state index in [4.69, 9.17) is 5.73 Å². The lowest BCUT2D eigenvalue weighted by Crippen LogP contribution is -2.42. The molecule has 1 aliphatic heterocycles. The van der Waals surface area contributed by atoms with Gasteiger partial charge >= 0.3 is 6.03 Å². The number of hydrogen-bond acceptors (Lipinski definition) is 4. The SMILES string of the molecule is CC1(c2cccc3ccccc23)NC(=O)N(CC(=O)Nc2ccc(C(N)=O)cc2)C1=O. The lowest BCUT2D eigenvalue weighted by molar-refractivity contribution is -0.133. The second-order valence-electron chi connectivity index (χ2n) is 7.46. The van der Waals surface area contributed by atoms with Crippen molar-refractivity contribution in [2.75, 3.05) is 11.9 Å². The fourth-order valence-corrected chi connectivity index (χ4v) is 3.75. The minimum absolute atomic E-state index is 0.304. The molecule has 0 aromatic heterocycles. The second kappa shape index (κ2) is 7.56. The highest BCUT2D eigenvalue weighted by Gasteiger charge is 2.50. The Morgan fingerprint density at radius 1 is 1.00 bits per heavy atom. The van der Waals surface area contributed by atoms with Gasteiger partial charge in [0.2, 0.25) is 11.8 Å². The van der Waals surface area contributed by atoms with Crippen LogP contribution in [0.1, 0.15) is 22.8 Å². The molecule has 5 amide bonds. The number of rotatable bonds is 5. The van der Waals surface area contributed by atoms with Gasteiger partial charge in [0, 0.05) is 11.3 Å². The van der Waals surface area contributed by atoms with Crippen LogP contribution in [0.5, 0.6) is 0 Å². The molecule has 31 heavy (non-hydrogen) atoms. The van der Waals surface area contributed by atoms with Gasteiger partial charge in [-0.3, -0.25) is 19.3 Å². The van der Waals surface area contributed by atoms with Gasteiger partial charge in [-0.05, 0) is 47.5 Å². The van der Waals surface area contributed by atoms with Crippen molar-refractivity contribution in [1.29, 1.82) is 0 Å². The highest BCUT2D eigenvalue weighted by Crippen LogP contribution is 2.33.